The molecule has 0 radical (unpaired) electrons. The highest BCUT2D eigenvalue weighted by atomic mass is 32.2. The molecule has 94 valence electrons. The van der Waals surface area contributed by atoms with Gasteiger partial charge in [0.15, 0.2) is 0 Å². The van der Waals surface area contributed by atoms with Crippen molar-refractivity contribution in [2.45, 2.75) is 43.6 Å². The molecule has 1 aliphatic carbocycles. The van der Waals surface area contributed by atoms with Crippen LogP contribution in [0.3, 0.4) is 0 Å². The number of aromatic nitrogens is 1. The number of carbonyl (C=O) groups excluding carboxylic acids is 1. The second-order valence-electron chi connectivity index (χ2n) is 4.43. The van der Waals surface area contributed by atoms with E-state index in [1.165, 1.54) is 11.3 Å². The van der Waals surface area contributed by atoms with Crippen LogP contribution in [0.25, 0.3) is 0 Å². The van der Waals surface area contributed by atoms with Crippen molar-refractivity contribution in [3.8, 4) is 0 Å². The van der Waals surface area contributed by atoms with Gasteiger partial charge in [0.1, 0.15) is 9.88 Å². The van der Waals surface area contributed by atoms with Gasteiger partial charge in [-0.2, -0.15) is 11.8 Å². The molecule has 1 heterocycles. The van der Waals surface area contributed by atoms with Gasteiger partial charge in [-0.05, 0) is 18.1 Å². The Morgan fingerprint density at radius 3 is 2.88 bits per heavy atom. The normalized spacial score (nSPS) is 15.3. The minimum absolute atomic E-state index is 0.204. The third-order valence-corrected chi connectivity index (χ3v) is 4.90. The summed E-state index contributed by atoms with van der Waals surface area (Å²) in [7, 11) is 0. The van der Waals surface area contributed by atoms with Crippen LogP contribution in [-0.2, 0) is 5.75 Å². The van der Waals surface area contributed by atoms with Crippen LogP contribution in [-0.4, -0.2) is 16.1 Å². The molecule has 1 fully saturated rings. The Kier molecular flexibility index (Phi) is 4.06. The van der Waals surface area contributed by atoms with Crippen LogP contribution >= 0.6 is 23.1 Å². The number of nitrogen functional groups attached to an aromatic ring is 1. The number of nitrogens with two attached hydrogens (primary N) is 1. The molecule has 3 N–H and O–H groups in total. The molecule has 0 spiro atoms. The van der Waals surface area contributed by atoms with Crippen LogP contribution in [0.4, 0.5) is 0 Å². The Labute approximate surface area is 109 Å². The van der Waals surface area contributed by atoms with Crippen LogP contribution < -0.4 is 11.3 Å². The highest BCUT2D eigenvalue weighted by molar-refractivity contribution is 7.99. The standard InChI is InChI=1S/C11H17N3OS2/c1-6(2)16-5-8-13-9(7-3-4-7)10(17-8)11(15)14-12/h6-7H,3-5,12H2,1-2H3,(H,14,15). The highest BCUT2D eigenvalue weighted by Gasteiger charge is 2.31. The van der Waals surface area contributed by atoms with E-state index in [9.17, 15) is 4.79 Å². The van der Waals surface area contributed by atoms with Crippen molar-refractivity contribution in [2.75, 3.05) is 0 Å². The number of amides is 1. The lowest BCUT2D eigenvalue weighted by molar-refractivity contribution is 0.0956. The van der Waals surface area contributed by atoms with Gasteiger partial charge in [-0.25, -0.2) is 10.8 Å². The van der Waals surface area contributed by atoms with Crippen molar-refractivity contribution in [3.05, 3.63) is 15.6 Å². The highest BCUT2D eigenvalue weighted by Crippen LogP contribution is 2.43. The second-order valence-corrected chi connectivity index (χ2v) is 7.08. The van der Waals surface area contributed by atoms with E-state index in [0.29, 0.717) is 16.0 Å². The maximum Gasteiger partial charge on any atom is 0.277 e. The predicted molar refractivity (Wildman–Crippen MR) is 72.2 cm³/mol. The predicted octanol–water partition coefficient (Wildman–Crippen LogP) is 2.27. The molecule has 0 aliphatic heterocycles. The molecular formula is C11H17N3OS2. The molecule has 0 atom stereocenters. The first-order chi connectivity index (χ1) is 8.11. The van der Waals surface area contributed by atoms with Crippen molar-refractivity contribution in [2.24, 2.45) is 5.84 Å². The number of carbonyl (C=O) groups is 1. The monoisotopic (exact) mass is 271 g/mol. The average molecular weight is 271 g/mol. The molecule has 6 heteroatoms. The molecule has 0 aromatic carbocycles. The Bertz CT molecular complexity index is 413. The molecule has 17 heavy (non-hydrogen) atoms. The van der Waals surface area contributed by atoms with Gasteiger partial charge in [0, 0.05) is 11.7 Å². The third-order valence-electron chi connectivity index (χ3n) is 2.54. The summed E-state index contributed by atoms with van der Waals surface area (Å²) >= 11 is 3.32. The van der Waals surface area contributed by atoms with Crippen molar-refractivity contribution < 1.29 is 4.79 Å². The van der Waals surface area contributed by atoms with E-state index in [0.717, 1.165) is 29.3 Å². The molecule has 0 unspecified atom stereocenters. The van der Waals surface area contributed by atoms with Crippen LogP contribution in [0.15, 0.2) is 0 Å². The van der Waals surface area contributed by atoms with E-state index < -0.39 is 0 Å². The number of hydrogen-bond donors (Lipinski definition) is 2. The molecule has 2 rings (SSSR count). The zero-order valence-electron chi connectivity index (χ0n) is 10.0. The summed E-state index contributed by atoms with van der Waals surface area (Å²) in [6, 6.07) is 0. The van der Waals surface area contributed by atoms with E-state index >= 15 is 0 Å². The van der Waals surface area contributed by atoms with Crippen molar-refractivity contribution >= 4 is 29.0 Å². The Hall–Kier alpha value is -0.590. The minimum atomic E-state index is -0.204. The number of thioether (sulfide) groups is 1. The lowest BCUT2D eigenvalue weighted by atomic mass is 10.2. The fourth-order valence-electron chi connectivity index (χ4n) is 1.54. The smallest absolute Gasteiger partial charge is 0.277 e. The van der Waals surface area contributed by atoms with E-state index in [4.69, 9.17) is 5.84 Å². The molecular weight excluding hydrogens is 254 g/mol. The first-order valence-electron chi connectivity index (χ1n) is 5.74. The summed E-state index contributed by atoms with van der Waals surface area (Å²) in [6.45, 7) is 4.32. The van der Waals surface area contributed by atoms with Gasteiger partial charge in [0.05, 0.1) is 5.69 Å². The van der Waals surface area contributed by atoms with Crippen LogP contribution in [0.2, 0.25) is 0 Å². The topological polar surface area (TPSA) is 68.0 Å². The summed E-state index contributed by atoms with van der Waals surface area (Å²) in [5.41, 5.74) is 3.16. The zero-order valence-corrected chi connectivity index (χ0v) is 11.7. The lowest BCUT2D eigenvalue weighted by Gasteiger charge is -2.00. The molecule has 1 saturated carbocycles. The van der Waals surface area contributed by atoms with Gasteiger partial charge >= 0.3 is 0 Å². The van der Waals surface area contributed by atoms with E-state index in [1.807, 2.05) is 11.8 Å². The summed E-state index contributed by atoms with van der Waals surface area (Å²) in [6.07, 6.45) is 2.29. The summed E-state index contributed by atoms with van der Waals surface area (Å²) < 4.78 is 0. The van der Waals surface area contributed by atoms with Gasteiger partial charge in [-0.15, -0.1) is 11.3 Å². The number of nitrogens with one attached hydrogen (secondary N) is 1. The molecule has 0 saturated heterocycles. The molecule has 1 aromatic heterocycles. The molecule has 1 aromatic rings. The molecule has 1 aliphatic rings. The maximum absolute atomic E-state index is 11.6. The van der Waals surface area contributed by atoms with Gasteiger partial charge in [-0.1, -0.05) is 13.8 Å². The summed E-state index contributed by atoms with van der Waals surface area (Å²) in [5, 5.41) is 1.61. The summed E-state index contributed by atoms with van der Waals surface area (Å²) in [4.78, 5) is 16.9. The van der Waals surface area contributed by atoms with Crippen molar-refractivity contribution in [1.29, 1.82) is 0 Å². The van der Waals surface area contributed by atoms with Crippen molar-refractivity contribution in [1.82, 2.24) is 10.4 Å². The molecule has 4 nitrogen and oxygen atoms in total. The fourth-order valence-corrected chi connectivity index (χ4v) is 3.37. The Morgan fingerprint density at radius 1 is 1.65 bits per heavy atom. The molecule has 1 amide bonds. The lowest BCUT2D eigenvalue weighted by Crippen LogP contribution is -2.30. The number of hydrogen-bond acceptors (Lipinski definition) is 5. The fraction of sp³-hybridized carbons (Fsp3) is 0.636. The third kappa shape index (κ3) is 3.20. The van der Waals surface area contributed by atoms with E-state index in [-0.39, 0.29) is 5.91 Å². The largest absolute Gasteiger partial charge is 0.289 e. The minimum Gasteiger partial charge on any atom is -0.289 e. The van der Waals surface area contributed by atoms with Crippen LogP contribution in [0.1, 0.15) is 53.0 Å². The SMILES string of the molecule is CC(C)SCc1nc(C2CC2)c(C(=O)NN)s1. The van der Waals surface area contributed by atoms with Gasteiger partial charge in [-0.3, -0.25) is 10.2 Å². The molecule has 0 bridgehead atoms. The quantitative estimate of drug-likeness (QED) is 0.490. The Balaban J connectivity index is 2.15. The van der Waals surface area contributed by atoms with Crippen molar-refractivity contribution in [3.63, 3.8) is 0 Å². The van der Waals surface area contributed by atoms with E-state index in [1.54, 1.807) is 0 Å². The van der Waals surface area contributed by atoms with Gasteiger partial charge in [0.25, 0.3) is 5.91 Å². The van der Waals surface area contributed by atoms with Crippen LogP contribution in [0.5, 0.6) is 0 Å². The van der Waals surface area contributed by atoms with Crippen LogP contribution in [0, 0.1) is 0 Å². The average Bonchev–Trinajstić information content (AvgIpc) is 3.06. The summed E-state index contributed by atoms with van der Waals surface area (Å²) in [5.74, 6) is 6.35. The number of rotatable bonds is 5. The number of thiazole rings is 1. The first-order valence-corrected chi connectivity index (χ1v) is 7.60. The second kappa shape index (κ2) is 5.37. The zero-order chi connectivity index (χ0) is 12.4. The number of nitrogens with zero attached hydrogens (tertiary/aromatic N) is 1. The maximum atomic E-state index is 11.6. The van der Waals surface area contributed by atoms with E-state index in [2.05, 4.69) is 24.3 Å². The Morgan fingerprint density at radius 2 is 2.35 bits per heavy atom. The van der Waals surface area contributed by atoms with Gasteiger partial charge < -0.3 is 0 Å². The number of hydrazine groups is 1. The first kappa shape index (κ1) is 12.9. The van der Waals surface area contributed by atoms with Gasteiger partial charge in [0.2, 0.25) is 0 Å².